The molecule has 0 spiro atoms. The van der Waals surface area contributed by atoms with Gasteiger partial charge in [0, 0.05) is 19.5 Å². The Morgan fingerprint density at radius 1 is 1.25 bits per heavy atom. The Bertz CT molecular complexity index is 862. The van der Waals surface area contributed by atoms with Gasteiger partial charge in [-0.3, -0.25) is 4.79 Å². The summed E-state index contributed by atoms with van der Waals surface area (Å²) in [6, 6.07) is 7.63. The van der Waals surface area contributed by atoms with Crippen molar-refractivity contribution >= 4 is 23.6 Å². The van der Waals surface area contributed by atoms with Crippen molar-refractivity contribution < 1.29 is 19.4 Å². The third-order valence-corrected chi connectivity index (χ3v) is 5.67. The quantitative estimate of drug-likeness (QED) is 0.590. The molecule has 0 saturated carbocycles. The molecule has 1 aliphatic heterocycles. The van der Waals surface area contributed by atoms with Gasteiger partial charge in [0.15, 0.2) is 0 Å². The third kappa shape index (κ3) is 6.82. The van der Waals surface area contributed by atoms with Gasteiger partial charge in [0.2, 0.25) is 5.91 Å². The molecule has 174 valence electrons. The Morgan fingerprint density at radius 2 is 1.94 bits per heavy atom. The molecule has 32 heavy (non-hydrogen) atoms. The van der Waals surface area contributed by atoms with Gasteiger partial charge in [-0.2, -0.15) is 0 Å². The van der Waals surface area contributed by atoms with Crippen LogP contribution < -0.4 is 5.32 Å². The van der Waals surface area contributed by atoms with E-state index in [1.807, 2.05) is 23.1 Å². The van der Waals surface area contributed by atoms with Gasteiger partial charge < -0.3 is 20.1 Å². The van der Waals surface area contributed by atoms with Gasteiger partial charge in [-0.15, -0.1) is 0 Å². The first-order valence-electron chi connectivity index (χ1n) is 11.4. The lowest BCUT2D eigenvalue weighted by molar-refractivity contribution is -0.132. The van der Waals surface area contributed by atoms with Gasteiger partial charge in [-0.1, -0.05) is 55.5 Å². The summed E-state index contributed by atoms with van der Waals surface area (Å²) in [5.74, 6) is -0.0752. The summed E-state index contributed by atoms with van der Waals surface area (Å²) >= 11 is 0. The fourth-order valence-electron chi connectivity index (χ4n) is 4.11. The Morgan fingerprint density at radius 3 is 2.53 bits per heavy atom. The zero-order chi connectivity index (χ0) is 23.5. The van der Waals surface area contributed by atoms with Crippen LogP contribution in [-0.2, 0) is 9.53 Å². The highest BCUT2D eigenvalue weighted by molar-refractivity contribution is 5.86. The highest BCUT2D eigenvalue weighted by atomic mass is 16.5. The fourth-order valence-corrected chi connectivity index (χ4v) is 4.11. The third-order valence-electron chi connectivity index (χ3n) is 5.67. The zero-order valence-electron chi connectivity index (χ0n) is 19.5. The van der Waals surface area contributed by atoms with Crippen molar-refractivity contribution in [1.82, 2.24) is 10.2 Å². The van der Waals surface area contributed by atoms with Crippen LogP contribution in [0.4, 0.5) is 4.79 Å². The van der Waals surface area contributed by atoms with Crippen molar-refractivity contribution in [2.75, 3.05) is 26.3 Å². The molecule has 1 fully saturated rings. The second-order valence-corrected chi connectivity index (χ2v) is 7.89. The van der Waals surface area contributed by atoms with Crippen molar-refractivity contribution in [1.29, 1.82) is 0 Å². The number of carbonyl (C=O) groups excluding carboxylic acids is 2. The largest absolute Gasteiger partial charge is 0.450 e. The van der Waals surface area contributed by atoms with E-state index in [4.69, 9.17) is 4.74 Å². The predicted octanol–water partition coefficient (Wildman–Crippen LogP) is 4.56. The molecule has 0 bridgehead atoms. The SMILES string of the molecule is C=Cc1ccccc1C(=C1CCN(C(=O)C[C@H](CO)NC(=O)OCC)CC1)/C(C)=C/CC. The van der Waals surface area contributed by atoms with Crippen molar-refractivity contribution in [3.63, 3.8) is 0 Å². The first kappa shape index (κ1) is 25.4. The molecule has 1 aromatic carbocycles. The number of nitrogens with one attached hydrogen (secondary N) is 1. The smallest absolute Gasteiger partial charge is 0.407 e. The lowest BCUT2D eigenvalue weighted by atomic mass is 9.86. The van der Waals surface area contributed by atoms with E-state index >= 15 is 0 Å². The van der Waals surface area contributed by atoms with E-state index in [0.717, 1.165) is 24.8 Å². The molecule has 1 atom stereocenters. The summed E-state index contributed by atoms with van der Waals surface area (Å²) in [5.41, 5.74) is 6.13. The minimum Gasteiger partial charge on any atom is -0.450 e. The number of carbonyl (C=O) groups is 2. The summed E-state index contributed by atoms with van der Waals surface area (Å²) in [7, 11) is 0. The Balaban J connectivity index is 2.16. The lowest BCUT2D eigenvalue weighted by Crippen LogP contribution is -2.44. The van der Waals surface area contributed by atoms with Gasteiger partial charge in [0.25, 0.3) is 0 Å². The molecule has 1 aliphatic rings. The van der Waals surface area contributed by atoms with Gasteiger partial charge in [-0.05, 0) is 55.4 Å². The maximum Gasteiger partial charge on any atom is 0.407 e. The van der Waals surface area contributed by atoms with Gasteiger partial charge in [-0.25, -0.2) is 4.79 Å². The van der Waals surface area contributed by atoms with E-state index in [1.165, 1.54) is 22.3 Å². The summed E-state index contributed by atoms with van der Waals surface area (Å²) in [4.78, 5) is 26.2. The van der Waals surface area contributed by atoms with Crippen molar-refractivity contribution in [3.8, 4) is 0 Å². The Labute approximate surface area is 191 Å². The first-order chi connectivity index (χ1) is 15.4. The molecule has 6 nitrogen and oxygen atoms in total. The number of benzene rings is 1. The van der Waals surface area contributed by atoms with Crippen LogP contribution in [0.3, 0.4) is 0 Å². The topological polar surface area (TPSA) is 78.9 Å². The van der Waals surface area contributed by atoms with Crippen LogP contribution >= 0.6 is 0 Å². The Hall–Kier alpha value is -2.86. The lowest BCUT2D eigenvalue weighted by Gasteiger charge is -2.31. The molecule has 1 heterocycles. The van der Waals surface area contributed by atoms with Crippen LogP contribution in [0.25, 0.3) is 11.6 Å². The summed E-state index contributed by atoms with van der Waals surface area (Å²) in [5, 5.41) is 12.1. The summed E-state index contributed by atoms with van der Waals surface area (Å²) in [6.07, 6.45) is 6.10. The van der Waals surface area contributed by atoms with Crippen molar-refractivity contribution in [3.05, 3.63) is 59.2 Å². The molecule has 0 radical (unpaired) electrons. The number of amides is 2. The Kier molecular flexibility index (Phi) is 10.2. The highest BCUT2D eigenvalue weighted by Gasteiger charge is 2.25. The van der Waals surface area contributed by atoms with E-state index in [1.54, 1.807) is 6.92 Å². The number of piperidine rings is 1. The van der Waals surface area contributed by atoms with E-state index in [9.17, 15) is 14.7 Å². The van der Waals surface area contributed by atoms with E-state index < -0.39 is 12.1 Å². The van der Waals surface area contributed by atoms with Crippen LogP contribution in [0.2, 0.25) is 0 Å². The number of hydrogen-bond donors (Lipinski definition) is 2. The molecule has 0 aliphatic carbocycles. The highest BCUT2D eigenvalue weighted by Crippen LogP contribution is 2.34. The number of ether oxygens (including phenoxy) is 1. The van der Waals surface area contributed by atoms with Crippen molar-refractivity contribution in [2.24, 2.45) is 0 Å². The maximum absolute atomic E-state index is 12.8. The number of allylic oxidation sites excluding steroid dienone is 3. The average molecular weight is 441 g/mol. The number of nitrogens with zero attached hydrogens (tertiary/aromatic N) is 1. The van der Waals surface area contributed by atoms with Crippen LogP contribution in [0.15, 0.2) is 48.1 Å². The first-order valence-corrected chi connectivity index (χ1v) is 11.4. The van der Waals surface area contributed by atoms with Crippen LogP contribution in [-0.4, -0.2) is 54.4 Å². The van der Waals surface area contributed by atoms with E-state index in [-0.39, 0.29) is 25.5 Å². The molecule has 0 unspecified atom stereocenters. The number of aliphatic hydroxyl groups is 1. The molecule has 2 amide bonds. The molecule has 2 rings (SSSR count). The maximum atomic E-state index is 12.8. The molecule has 1 saturated heterocycles. The normalized spacial score (nSPS) is 15.2. The fraction of sp³-hybridized carbons (Fsp3) is 0.462. The number of rotatable bonds is 9. The molecular weight excluding hydrogens is 404 g/mol. The van der Waals surface area contributed by atoms with E-state index in [0.29, 0.717) is 13.1 Å². The number of alkyl carbamates (subject to hydrolysis) is 1. The van der Waals surface area contributed by atoms with Gasteiger partial charge in [0.05, 0.1) is 19.3 Å². The summed E-state index contributed by atoms with van der Waals surface area (Å²) in [6.45, 7) is 11.1. The molecule has 1 aromatic rings. The minimum atomic E-state index is -0.650. The second kappa shape index (κ2) is 12.9. The number of aliphatic hydroxyl groups excluding tert-OH is 1. The van der Waals surface area contributed by atoms with Gasteiger partial charge in [0.1, 0.15) is 0 Å². The molecular formula is C26H36N2O4. The molecule has 2 N–H and O–H groups in total. The summed E-state index contributed by atoms with van der Waals surface area (Å²) < 4.78 is 4.84. The predicted molar refractivity (Wildman–Crippen MR) is 129 cm³/mol. The van der Waals surface area contributed by atoms with Crippen LogP contribution in [0, 0.1) is 0 Å². The van der Waals surface area contributed by atoms with Gasteiger partial charge >= 0.3 is 6.09 Å². The monoisotopic (exact) mass is 440 g/mol. The minimum absolute atomic E-state index is 0.0509. The standard InChI is InChI=1S/C26H36N2O4/c1-5-10-19(4)25(23-12-9-8-11-20(23)6-2)21-13-15-28(16-14-21)24(30)17-22(18-29)27-26(31)32-7-3/h6,8-12,22,29H,2,5,7,13-18H2,1,3-4H3,(H,27,31)/b19-10+/t22-/m1/s1. The zero-order valence-corrected chi connectivity index (χ0v) is 19.5. The van der Waals surface area contributed by atoms with Crippen LogP contribution in [0.5, 0.6) is 0 Å². The van der Waals surface area contributed by atoms with Crippen LogP contribution in [0.1, 0.15) is 57.6 Å². The second-order valence-electron chi connectivity index (χ2n) is 7.89. The van der Waals surface area contributed by atoms with E-state index in [2.05, 4.69) is 44.0 Å². The number of hydrogen-bond acceptors (Lipinski definition) is 4. The average Bonchev–Trinajstić information content (AvgIpc) is 2.80. The molecule has 0 aromatic heterocycles. The number of likely N-dealkylation sites (tertiary alicyclic amines) is 1. The molecule has 6 heteroatoms. The van der Waals surface area contributed by atoms with Crippen molar-refractivity contribution in [2.45, 2.75) is 52.5 Å².